The topological polar surface area (TPSA) is 59.6 Å². The fourth-order valence-electron chi connectivity index (χ4n) is 1.86. The highest BCUT2D eigenvalue weighted by Gasteiger charge is 2.02. The van der Waals surface area contributed by atoms with Gasteiger partial charge < -0.3 is 15.8 Å². The predicted octanol–water partition coefficient (Wildman–Crippen LogP) is 3.55. The lowest BCUT2D eigenvalue weighted by Gasteiger charge is -2.09. The molecule has 2 rings (SSSR count). The van der Waals surface area contributed by atoms with Crippen molar-refractivity contribution >= 4 is 35.6 Å². The number of hydrogen-bond acceptors (Lipinski definition) is 2. The minimum atomic E-state index is 0. The van der Waals surface area contributed by atoms with Gasteiger partial charge in [0.15, 0.2) is 5.96 Å². The Labute approximate surface area is 142 Å². The molecule has 0 aliphatic heterocycles. The average molecular weight is 397 g/mol. The molecule has 112 valence electrons. The van der Waals surface area contributed by atoms with E-state index in [2.05, 4.69) is 10.3 Å². The van der Waals surface area contributed by atoms with E-state index >= 15 is 0 Å². The summed E-state index contributed by atoms with van der Waals surface area (Å²) in [6, 6.07) is 15.8. The molecule has 2 aromatic carbocycles. The largest absolute Gasteiger partial charge is 0.496 e. The van der Waals surface area contributed by atoms with Crippen LogP contribution in [0.2, 0.25) is 0 Å². The summed E-state index contributed by atoms with van der Waals surface area (Å²) < 4.78 is 5.35. The Bertz CT molecular complexity index is 600. The molecular formula is C16H20IN3O. The summed E-state index contributed by atoms with van der Waals surface area (Å²) in [5, 5.41) is 3.05. The monoisotopic (exact) mass is 397 g/mol. The van der Waals surface area contributed by atoms with Gasteiger partial charge in [0.2, 0.25) is 0 Å². The maximum Gasteiger partial charge on any atom is 0.193 e. The van der Waals surface area contributed by atoms with Crippen molar-refractivity contribution in [3.8, 4) is 5.75 Å². The second-order valence-corrected chi connectivity index (χ2v) is 4.51. The van der Waals surface area contributed by atoms with Crippen LogP contribution in [-0.2, 0) is 6.54 Å². The van der Waals surface area contributed by atoms with Crippen LogP contribution in [0.5, 0.6) is 5.75 Å². The first-order chi connectivity index (χ1) is 9.69. The van der Waals surface area contributed by atoms with E-state index in [9.17, 15) is 0 Å². The van der Waals surface area contributed by atoms with E-state index in [0.29, 0.717) is 12.5 Å². The molecule has 21 heavy (non-hydrogen) atoms. The number of methoxy groups -OCH3 is 1. The molecule has 0 amide bonds. The second-order valence-electron chi connectivity index (χ2n) is 4.51. The third kappa shape index (κ3) is 5.26. The number of para-hydroxylation sites is 1. The van der Waals surface area contributed by atoms with Gasteiger partial charge in [0.25, 0.3) is 0 Å². The zero-order chi connectivity index (χ0) is 14.4. The minimum absolute atomic E-state index is 0. The van der Waals surface area contributed by atoms with E-state index in [1.807, 2.05) is 55.5 Å². The van der Waals surface area contributed by atoms with E-state index < -0.39 is 0 Å². The third-order valence-electron chi connectivity index (χ3n) is 2.91. The molecule has 0 saturated carbocycles. The van der Waals surface area contributed by atoms with Crippen LogP contribution >= 0.6 is 24.0 Å². The van der Waals surface area contributed by atoms with Gasteiger partial charge in [0.1, 0.15) is 5.75 Å². The maximum atomic E-state index is 5.87. The van der Waals surface area contributed by atoms with Gasteiger partial charge in [-0.25, -0.2) is 4.99 Å². The van der Waals surface area contributed by atoms with Crippen LogP contribution in [0.15, 0.2) is 53.5 Å². The number of nitrogens with zero attached hydrogens (tertiary/aromatic N) is 1. The lowest BCUT2D eigenvalue weighted by atomic mass is 10.1. The fraction of sp³-hybridized carbons (Fsp3) is 0.188. The Morgan fingerprint density at radius 2 is 1.90 bits per heavy atom. The lowest BCUT2D eigenvalue weighted by molar-refractivity contribution is 0.409. The second kappa shape index (κ2) is 8.51. The summed E-state index contributed by atoms with van der Waals surface area (Å²) in [6.07, 6.45) is 0. The van der Waals surface area contributed by atoms with Gasteiger partial charge >= 0.3 is 0 Å². The number of anilines is 1. The van der Waals surface area contributed by atoms with Gasteiger partial charge in [-0.2, -0.15) is 0 Å². The summed E-state index contributed by atoms with van der Waals surface area (Å²) in [5.41, 5.74) is 8.96. The maximum absolute atomic E-state index is 5.87. The summed E-state index contributed by atoms with van der Waals surface area (Å²) in [7, 11) is 1.66. The molecule has 0 aliphatic carbocycles. The molecule has 0 saturated heterocycles. The summed E-state index contributed by atoms with van der Waals surface area (Å²) in [4.78, 5) is 4.33. The highest BCUT2D eigenvalue weighted by molar-refractivity contribution is 14.0. The zero-order valence-corrected chi connectivity index (χ0v) is 14.5. The number of aryl methyl sites for hydroxylation is 1. The molecule has 0 aliphatic rings. The number of halogens is 1. The predicted molar refractivity (Wildman–Crippen MR) is 98.5 cm³/mol. The zero-order valence-electron chi connectivity index (χ0n) is 12.2. The molecule has 0 aromatic heterocycles. The van der Waals surface area contributed by atoms with Crippen LogP contribution in [0, 0.1) is 6.92 Å². The first-order valence-electron chi connectivity index (χ1n) is 6.44. The normalized spacial score (nSPS) is 10.7. The van der Waals surface area contributed by atoms with Crippen molar-refractivity contribution in [2.45, 2.75) is 13.5 Å². The fourth-order valence-corrected chi connectivity index (χ4v) is 1.86. The molecule has 3 N–H and O–H groups in total. The molecule has 0 bridgehead atoms. The molecular weight excluding hydrogens is 377 g/mol. The van der Waals surface area contributed by atoms with Crippen LogP contribution in [0.1, 0.15) is 11.1 Å². The molecule has 0 unspecified atom stereocenters. The Morgan fingerprint density at radius 3 is 2.57 bits per heavy atom. The number of nitrogens with one attached hydrogen (secondary N) is 1. The van der Waals surface area contributed by atoms with Crippen molar-refractivity contribution in [3.63, 3.8) is 0 Å². The van der Waals surface area contributed by atoms with Gasteiger partial charge in [-0.1, -0.05) is 30.3 Å². The molecule has 0 atom stereocenters. The first-order valence-corrected chi connectivity index (χ1v) is 6.44. The quantitative estimate of drug-likeness (QED) is 0.471. The van der Waals surface area contributed by atoms with Crippen molar-refractivity contribution < 1.29 is 4.74 Å². The lowest BCUT2D eigenvalue weighted by Crippen LogP contribution is -2.22. The van der Waals surface area contributed by atoms with Crippen molar-refractivity contribution in [1.82, 2.24) is 0 Å². The number of benzene rings is 2. The smallest absolute Gasteiger partial charge is 0.193 e. The Balaban J connectivity index is 0.00000220. The van der Waals surface area contributed by atoms with E-state index in [1.165, 1.54) is 0 Å². The van der Waals surface area contributed by atoms with Gasteiger partial charge in [-0.05, 0) is 30.7 Å². The Morgan fingerprint density at radius 1 is 1.19 bits per heavy atom. The standard InChI is InChI=1S/C16H19N3O.HI/c1-12-8-9-13(15(10-12)20-2)11-18-16(17)19-14-6-4-3-5-7-14;/h3-10H,11H2,1-2H3,(H3,17,18,19);1H. The minimum Gasteiger partial charge on any atom is -0.496 e. The van der Waals surface area contributed by atoms with Crippen LogP contribution in [0.4, 0.5) is 5.69 Å². The molecule has 0 radical (unpaired) electrons. The summed E-state index contributed by atoms with van der Waals surface area (Å²) >= 11 is 0. The van der Waals surface area contributed by atoms with Crippen molar-refractivity contribution in [2.24, 2.45) is 10.7 Å². The summed E-state index contributed by atoms with van der Waals surface area (Å²) in [5.74, 6) is 1.22. The Hall–Kier alpha value is -1.76. The van der Waals surface area contributed by atoms with Gasteiger partial charge in [0, 0.05) is 11.3 Å². The number of rotatable bonds is 4. The van der Waals surface area contributed by atoms with Gasteiger partial charge in [0.05, 0.1) is 13.7 Å². The van der Waals surface area contributed by atoms with Crippen LogP contribution in [0.3, 0.4) is 0 Å². The number of hydrogen-bond donors (Lipinski definition) is 2. The van der Waals surface area contributed by atoms with Gasteiger partial charge in [-0.3, -0.25) is 0 Å². The van der Waals surface area contributed by atoms with Crippen molar-refractivity contribution in [3.05, 3.63) is 59.7 Å². The van der Waals surface area contributed by atoms with Gasteiger partial charge in [-0.15, -0.1) is 24.0 Å². The molecule has 0 heterocycles. The number of nitrogens with two attached hydrogens (primary N) is 1. The Kier molecular flexibility index (Phi) is 7.01. The van der Waals surface area contributed by atoms with Crippen molar-refractivity contribution in [1.29, 1.82) is 0 Å². The average Bonchev–Trinajstić information content (AvgIpc) is 2.47. The number of guanidine groups is 1. The molecule has 0 spiro atoms. The number of ether oxygens (including phenoxy) is 1. The molecule has 4 nitrogen and oxygen atoms in total. The van der Waals surface area contributed by atoms with E-state index in [0.717, 1.165) is 22.6 Å². The van der Waals surface area contributed by atoms with Crippen molar-refractivity contribution in [2.75, 3.05) is 12.4 Å². The van der Waals surface area contributed by atoms with E-state index in [-0.39, 0.29) is 24.0 Å². The first kappa shape index (κ1) is 17.3. The highest BCUT2D eigenvalue weighted by Crippen LogP contribution is 2.20. The molecule has 5 heteroatoms. The SMILES string of the molecule is COc1cc(C)ccc1CN=C(N)Nc1ccccc1.I. The van der Waals surface area contributed by atoms with E-state index in [1.54, 1.807) is 7.11 Å². The highest BCUT2D eigenvalue weighted by atomic mass is 127. The van der Waals surface area contributed by atoms with Crippen LogP contribution in [-0.4, -0.2) is 13.1 Å². The molecule has 2 aromatic rings. The number of aliphatic imine (C=N–C) groups is 1. The van der Waals surface area contributed by atoms with E-state index in [4.69, 9.17) is 10.5 Å². The van der Waals surface area contributed by atoms with Crippen LogP contribution in [0.25, 0.3) is 0 Å². The third-order valence-corrected chi connectivity index (χ3v) is 2.91. The molecule has 0 fully saturated rings. The summed E-state index contributed by atoms with van der Waals surface area (Å²) in [6.45, 7) is 2.51. The van der Waals surface area contributed by atoms with Crippen LogP contribution < -0.4 is 15.8 Å².